The van der Waals surface area contributed by atoms with E-state index in [2.05, 4.69) is 31.0 Å². The molecule has 1 amide bonds. The number of nitrogens with zero attached hydrogens (tertiary/aromatic N) is 5. The van der Waals surface area contributed by atoms with Gasteiger partial charge in [0, 0.05) is 31.9 Å². The molecule has 1 saturated carbocycles. The number of halogens is 2. The van der Waals surface area contributed by atoms with Crippen LogP contribution in [0.3, 0.4) is 0 Å². The Bertz CT molecular complexity index is 1290. The van der Waals surface area contributed by atoms with Crippen LogP contribution in [0.2, 0.25) is 0 Å². The molecule has 0 saturated heterocycles. The minimum atomic E-state index is -1.26. The molecule has 4 N–H and O–H groups in total. The maximum absolute atomic E-state index is 14.2. The van der Waals surface area contributed by atoms with E-state index in [0.29, 0.717) is 23.8 Å². The van der Waals surface area contributed by atoms with Gasteiger partial charge in [-0.05, 0) is 24.3 Å². The lowest BCUT2D eigenvalue weighted by atomic mass is 10.2. The highest BCUT2D eigenvalue weighted by atomic mass is 19.1. The third-order valence-corrected chi connectivity index (χ3v) is 5.32. The van der Waals surface area contributed by atoms with Crippen LogP contribution in [-0.4, -0.2) is 56.1 Å². The third kappa shape index (κ3) is 3.84. The van der Waals surface area contributed by atoms with E-state index in [1.807, 2.05) is 0 Å². The van der Waals surface area contributed by atoms with Gasteiger partial charge in [0.1, 0.15) is 23.4 Å². The molecule has 33 heavy (non-hydrogen) atoms. The SMILES string of the molecule is CNc1cc(NC2=CC=CN(c3ncccc3F)C2O)nc2c(C(=O)N[C@H]3C[C@H]3F)cnn12. The van der Waals surface area contributed by atoms with Crippen molar-refractivity contribution in [2.45, 2.75) is 24.9 Å². The van der Waals surface area contributed by atoms with Crippen molar-refractivity contribution in [3.63, 3.8) is 0 Å². The number of carbonyl (C=O) groups is 1. The number of pyridine rings is 1. The molecule has 5 rings (SSSR count). The van der Waals surface area contributed by atoms with Crippen molar-refractivity contribution in [3.05, 3.63) is 66.0 Å². The van der Waals surface area contributed by atoms with E-state index >= 15 is 0 Å². The summed E-state index contributed by atoms with van der Waals surface area (Å²) >= 11 is 0. The standard InChI is InChI=1S/C21H20F2N8O2/c1-24-17-9-16(29-18-11(10-26-31(17)18)20(32)28-15-8-13(15)23)27-14-5-3-7-30(21(14)33)19-12(22)4-2-6-25-19/h2-7,9-10,13,15,21,24,33H,8H2,1H3,(H,27,29)(H,28,32)/t13-,15+,21?/m1/s1. The molecule has 3 aromatic heterocycles. The number of aliphatic hydroxyl groups is 1. The molecule has 0 bridgehead atoms. The van der Waals surface area contributed by atoms with Crippen molar-refractivity contribution in [1.29, 1.82) is 0 Å². The van der Waals surface area contributed by atoms with Gasteiger partial charge in [-0.2, -0.15) is 9.61 Å². The Balaban J connectivity index is 1.44. The van der Waals surface area contributed by atoms with Crippen LogP contribution < -0.4 is 20.9 Å². The second-order valence-electron chi connectivity index (χ2n) is 7.58. The first kappa shape index (κ1) is 20.8. The van der Waals surface area contributed by atoms with Gasteiger partial charge in [0.15, 0.2) is 23.5 Å². The van der Waals surface area contributed by atoms with Gasteiger partial charge in [-0.3, -0.25) is 9.69 Å². The lowest BCUT2D eigenvalue weighted by molar-refractivity contribution is 0.0949. The summed E-state index contributed by atoms with van der Waals surface area (Å²) in [6.45, 7) is 0. The molecule has 12 heteroatoms. The average molecular weight is 454 g/mol. The largest absolute Gasteiger partial charge is 0.373 e. The van der Waals surface area contributed by atoms with Gasteiger partial charge >= 0.3 is 0 Å². The number of aliphatic hydroxyl groups excluding tert-OH is 1. The molecule has 4 heterocycles. The van der Waals surface area contributed by atoms with E-state index in [1.54, 1.807) is 25.3 Å². The minimum absolute atomic E-state index is 0.0334. The number of allylic oxidation sites excluding steroid dienone is 2. The Hall–Kier alpha value is -4.06. The van der Waals surface area contributed by atoms with Crippen molar-refractivity contribution >= 4 is 29.0 Å². The highest BCUT2D eigenvalue weighted by Crippen LogP contribution is 2.27. The number of rotatable bonds is 6. The first-order valence-electron chi connectivity index (χ1n) is 10.2. The smallest absolute Gasteiger partial charge is 0.257 e. The zero-order valence-corrected chi connectivity index (χ0v) is 17.4. The first-order valence-corrected chi connectivity index (χ1v) is 10.2. The van der Waals surface area contributed by atoms with Crippen LogP contribution in [0.5, 0.6) is 0 Å². The highest BCUT2D eigenvalue weighted by molar-refractivity contribution is 6.00. The van der Waals surface area contributed by atoms with E-state index in [1.165, 1.54) is 40.1 Å². The molecule has 1 aliphatic heterocycles. The number of amides is 1. The number of fused-ring (bicyclic) bond motifs is 1. The van der Waals surface area contributed by atoms with Crippen molar-refractivity contribution < 1.29 is 18.7 Å². The van der Waals surface area contributed by atoms with Crippen molar-refractivity contribution in [2.75, 3.05) is 22.6 Å². The number of nitrogens with one attached hydrogen (secondary N) is 3. The summed E-state index contributed by atoms with van der Waals surface area (Å²) < 4.78 is 28.9. The first-order chi connectivity index (χ1) is 16.0. The molecule has 3 aromatic rings. The number of anilines is 3. The maximum atomic E-state index is 14.2. The normalized spacial score (nSPS) is 21.6. The topological polar surface area (TPSA) is 120 Å². The molecule has 0 spiro atoms. The third-order valence-electron chi connectivity index (χ3n) is 5.32. The number of carbonyl (C=O) groups excluding carboxylic acids is 1. The van der Waals surface area contributed by atoms with Gasteiger partial charge < -0.3 is 21.1 Å². The number of aromatic nitrogens is 4. The predicted octanol–water partition coefficient (Wildman–Crippen LogP) is 1.79. The molecule has 1 aliphatic carbocycles. The van der Waals surface area contributed by atoms with Crippen LogP contribution >= 0.6 is 0 Å². The van der Waals surface area contributed by atoms with Crippen LogP contribution in [0.4, 0.5) is 26.2 Å². The molecule has 2 aliphatic rings. The van der Waals surface area contributed by atoms with Gasteiger partial charge in [0.05, 0.1) is 17.9 Å². The number of hydrogen-bond donors (Lipinski definition) is 4. The molecule has 0 radical (unpaired) electrons. The quantitative estimate of drug-likeness (QED) is 0.445. The predicted molar refractivity (Wildman–Crippen MR) is 117 cm³/mol. The Labute approximate surface area is 186 Å². The Morgan fingerprint density at radius 3 is 2.91 bits per heavy atom. The summed E-state index contributed by atoms with van der Waals surface area (Å²) in [5.41, 5.74) is 0.738. The summed E-state index contributed by atoms with van der Waals surface area (Å²) in [7, 11) is 1.68. The van der Waals surface area contributed by atoms with E-state index < -0.39 is 30.2 Å². The van der Waals surface area contributed by atoms with Crippen LogP contribution in [-0.2, 0) is 0 Å². The fraction of sp³-hybridized carbons (Fsp3) is 0.238. The Morgan fingerprint density at radius 1 is 1.36 bits per heavy atom. The lowest BCUT2D eigenvalue weighted by Crippen LogP contribution is -2.37. The fourth-order valence-electron chi connectivity index (χ4n) is 3.49. The van der Waals surface area contributed by atoms with Crippen LogP contribution in [0, 0.1) is 5.82 Å². The van der Waals surface area contributed by atoms with Crippen LogP contribution in [0.1, 0.15) is 16.8 Å². The van der Waals surface area contributed by atoms with Crippen molar-refractivity contribution in [2.24, 2.45) is 0 Å². The maximum Gasteiger partial charge on any atom is 0.257 e. The Kier molecular flexibility index (Phi) is 5.13. The molecule has 1 unspecified atom stereocenters. The Morgan fingerprint density at radius 2 is 2.18 bits per heavy atom. The molecule has 3 atom stereocenters. The summed E-state index contributed by atoms with van der Waals surface area (Å²) in [6.07, 6.45) is 5.53. The molecule has 1 fully saturated rings. The summed E-state index contributed by atoms with van der Waals surface area (Å²) in [6, 6.07) is 3.85. The van der Waals surface area contributed by atoms with Gasteiger partial charge in [-0.1, -0.05) is 0 Å². The molecule has 170 valence electrons. The highest BCUT2D eigenvalue weighted by Gasteiger charge is 2.39. The van der Waals surface area contributed by atoms with Gasteiger partial charge in [-0.25, -0.2) is 18.7 Å². The van der Waals surface area contributed by atoms with E-state index in [0.717, 1.165) is 0 Å². The molecule has 0 aromatic carbocycles. The van der Waals surface area contributed by atoms with Crippen LogP contribution in [0.15, 0.2) is 54.6 Å². The van der Waals surface area contributed by atoms with Crippen molar-refractivity contribution in [3.8, 4) is 0 Å². The number of alkyl halides is 1. The molecule has 10 nitrogen and oxygen atoms in total. The van der Waals surface area contributed by atoms with Crippen molar-refractivity contribution in [1.82, 2.24) is 24.9 Å². The van der Waals surface area contributed by atoms with Gasteiger partial charge in [-0.15, -0.1) is 0 Å². The second-order valence-corrected chi connectivity index (χ2v) is 7.58. The minimum Gasteiger partial charge on any atom is -0.373 e. The summed E-state index contributed by atoms with van der Waals surface area (Å²) in [4.78, 5) is 22.3. The fourth-order valence-corrected chi connectivity index (χ4v) is 3.49. The van der Waals surface area contributed by atoms with Gasteiger partial charge in [0.25, 0.3) is 5.91 Å². The zero-order chi connectivity index (χ0) is 23.1. The van der Waals surface area contributed by atoms with E-state index in [4.69, 9.17) is 0 Å². The van der Waals surface area contributed by atoms with E-state index in [-0.39, 0.29) is 17.0 Å². The van der Waals surface area contributed by atoms with E-state index in [9.17, 15) is 18.7 Å². The average Bonchev–Trinajstić information content (AvgIpc) is 3.32. The summed E-state index contributed by atoms with van der Waals surface area (Å²) in [5, 5.41) is 23.6. The number of hydrogen-bond acceptors (Lipinski definition) is 8. The summed E-state index contributed by atoms with van der Waals surface area (Å²) in [5.74, 6) is -0.267. The second kappa shape index (κ2) is 8.13. The van der Waals surface area contributed by atoms with Crippen LogP contribution in [0.25, 0.3) is 5.65 Å². The van der Waals surface area contributed by atoms with Gasteiger partial charge in [0.2, 0.25) is 0 Å². The molecular weight excluding hydrogens is 434 g/mol. The lowest BCUT2D eigenvalue weighted by Gasteiger charge is -2.30. The monoisotopic (exact) mass is 454 g/mol. The zero-order valence-electron chi connectivity index (χ0n) is 17.4. The molecular formula is C21H20F2N8O2.